The van der Waals surface area contributed by atoms with Gasteiger partial charge < -0.3 is 15.2 Å². The topological polar surface area (TPSA) is 102 Å². The number of hydrogen-bond acceptors (Lipinski definition) is 7. The highest BCUT2D eigenvalue weighted by Crippen LogP contribution is 2.24. The molecule has 0 saturated carbocycles. The smallest absolute Gasteiger partial charge is 0.251 e. The molecule has 0 unspecified atom stereocenters. The van der Waals surface area contributed by atoms with Crippen molar-refractivity contribution < 1.29 is 9.59 Å². The molecule has 0 aliphatic rings. The van der Waals surface area contributed by atoms with Gasteiger partial charge in [0.05, 0.1) is 11.8 Å². The van der Waals surface area contributed by atoms with Crippen LogP contribution in [0.2, 0.25) is 0 Å². The van der Waals surface area contributed by atoms with E-state index in [-0.39, 0.29) is 29.5 Å². The van der Waals surface area contributed by atoms with E-state index in [1.165, 1.54) is 23.1 Å². The van der Waals surface area contributed by atoms with E-state index in [9.17, 15) is 9.59 Å². The highest BCUT2D eigenvalue weighted by molar-refractivity contribution is 7.99. The Bertz CT molecular complexity index is 1020. The number of thiazole rings is 1. The van der Waals surface area contributed by atoms with E-state index in [1.54, 1.807) is 17.6 Å². The van der Waals surface area contributed by atoms with Crippen LogP contribution in [-0.2, 0) is 11.8 Å². The summed E-state index contributed by atoms with van der Waals surface area (Å²) in [5, 5.41) is 17.3. The first-order valence-electron chi connectivity index (χ1n) is 9.44. The maximum Gasteiger partial charge on any atom is 0.251 e. The molecule has 0 bridgehead atoms. The zero-order valence-corrected chi connectivity index (χ0v) is 18.9. The van der Waals surface area contributed by atoms with Gasteiger partial charge in [-0.05, 0) is 25.0 Å². The Kier molecular flexibility index (Phi) is 7.22. The monoisotopic (exact) mass is 444 g/mol. The molecule has 0 aliphatic carbocycles. The summed E-state index contributed by atoms with van der Waals surface area (Å²) < 4.78 is 1.82. The molecule has 0 saturated heterocycles. The van der Waals surface area contributed by atoms with Gasteiger partial charge in [-0.3, -0.25) is 9.59 Å². The number of aryl methyl sites for hydroxylation is 1. The van der Waals surface area contributed by atoms with E-state index >= 15 is 0 Å². The summed E-state index contributed by atoms with van der Waals surface area (Å²) in [7, 11) is 1.84. The highest BCUT2D eigenvalue weighted by Gasteiger charge is 2.25. The van der Waals surface area contributed by atoms with Gasteiger partial charge in [0.15, 0.2) is 16.1 Å². The average Bonchev–Trinajstić information content (AvgIpc) is 3.34. The number of aromatic nitrogens is 4. The van der Waals surface area contributed by atoms with Crippen LogP contribution in [0.3, 0.4) is 0 Å². The summed E-state index contributed by atoms with van der Waals surface area (Å²) in [4.78, 5) is 28.9. The molecular formula is C20H24N6O2S2. The number of nitrogens with zero attached hydrogens (tertiary/aromatic N) is 4. The fraction of sp³-hybridized carbons (Fsp3) is 0.350. The summed E-state index contributed by atoms with van der Waals surface area (Å²) in [6.07, 6.45) is 1.64. The van der Waals surface area contributed by atoms with Crippen LogP contribution < -0.4 is 10.6 Å². The molecule has 0 fully saturated rings. The summed E-state index contributed by atoms with van der Waals surface area (Å²) in [5.74, 6) is 0.625. The number of carbonyl (C=O) groups is 2. The molecule has 1 aromatic carbocycles. The molecule has 158 valence electrons. The Morgan fingerprint density at radius 2 is 2.07 bits per heavy atom. The Balaban J connectivity index is 1.68. The van der Waals surface area contributed by atoms with E-state index in [0.717, 1.165) is 5.56 Å². The number of hydrogen-bond donors (Lipinski definition) is 2. The number of nitrogens with one attached hydrogen (secondary N) is 2. The molecular weight excluding hydrogens is 420 g/mol. The molecule has 2 N–H and O–H groups in total. The highest BCUT2D eigenvalue weighted by atomic mass is 32.2. The standard InChI is InChI=1S/C20H24N6O2S2/c1-12(2)16(23-18(28)14-7-5-6-13(3)10-14)17-24-25-20(26(17)4)30-11-15(27)22-19-21-8-9-29-19/h5-10,12,16H,11H2,1-4H3,(H,23,28)(H,21,22,27)/t16-/m0/s1. The number of benzene rings is 1. The lowest BCUT2D eigenvalue weighted by molar-refractivity contribution is -0.113. The first-order valence-corrected chi connectivity index (χ1v) is 11.3. The Morgan fingerprint density at radius 1 is 1.27 bits per heavy atom. The quantitative estimate of drug-likeness (QED) is 0.516. The van der Waals surface area contributed by atoms with E-state index in [4.69, 9.17) is 0 Å². The van der Waals surface area contributed by atoms with Gasteiger partial charge in [-0.15, -0.1) is 21.5 Å². The van der Waals surface area contributed by atoms with Crippen molar-refractivity contribution in [2.75, 3.05) is 11.1 Å². The van der Waals surface area contributed by atoms with Crippen molar-refractivity contribution in [3.63, 3.8) is 0 Å². The van der Waals surface area contributed by atoms with Crippen LogP contribution in [0.15, 0.2) is 41.0 Å². The summed E-state index contributed by atoms with van der Waals surface area (Å²) >= 11 is 2.65. The molecule has 1 atom stereocenters. The first kappa shape index (κ1) is 22.0. The third-order valence-corrected chi connectivity index (χ3v) is 6.10. The summed E-state index contributed by atoms with van der Waals surface area (Å²) in [6.45, 7) is 5.99. The lowest BCUT2D eigenvalue weighted by Gasteiger charge is -2.21. The van der Waals surface area contributed by atoms with Gasteiger partial charge in [0.1, 0.15) is 0 Å². The lowest BCUT2D eigenvalue weighted by Crippen LogP contribution is -2.33. The average molecular weight is 445 g/mol. The zero-order valence-electron chi connectivity index (χ0n) is 17.2. The van der Waals surface area contributed by atoms with Crippen molar-refractivity contribution in [1.82, 2.24) is 25.1 Å². The van der Waals surface area contributed by atoms with Crippen molar-refractivity contribution in [1.29, 1.82) is 0 Å². The van der Waals surface area contributed by atoms with Gasteiger partial charge >= 0.3 is 0 Å². The molecule has 2 aromatic heterocycles. The molecule has 8 nitrogen and oxygen atoms in total. The normalized spacial score (nSPS) is 12.0. The third-order valence-electron chi connectivity index (χ3n) is 4.39. The molecule has 10 heteroatoms. The molecule has 0 aliphatic heterocycles. The number of carbonyl (C=O) groups excluding carboxylic acids is 2. The molecule has 0 radical (unpaired) electrons. The Labute approximate surface area is 183 Å². The fourth-order valence-corrected chi connectivity index (χ4v) is 4.10. The molecule has 3 rings (SSSR count). The minimum atomic E-state index is -0.311. The Hall–Kier alpha value is -2.72. The predicted molar refractivity (Wildman–Crippen MR) is 119 cm³/mol. The van der Waals surface area contributed by atoms with Gasteiger partial charge in [0.25, 0.3) is 5.91 Å². The SMILES string of the molecule is Cc1cccc(C(=O)N[C@H](c2nnc(SCC(=O)Nc3nccs3)n2C)C(C)C)c1. The third kappa shape index (κ3) is 5.45. The van der Waals surface area contributed by atoms with Crippen LogP contribution in [0.1, 0.15) is 41.6 Å². The van der Waals surface area contributed by atoms with Gasteiger partial charge in [-0.25, -0.2) is 4.98 Å². The van der Waals surface area contributed by atoms with Gasteiger partial charge in [0.2, 0.25) is 5.91 Å². The van der Waals surface area contributed by atoms with Crippen molar-refractivity contribution in [2.24, 2.45) is 13.0 Å². The minimum absolute atomic E-state index is 0.104. The van der Waals surface area contributed by atoms with E-state index in [1.807, 2.05) is 50.6 Å². The Morgan fingerprint density at radius 3 is 2.73 bits per heavy atom. The van der Waals surface area contributed by atoms with Crippen LogP contribution in [0.25, 0.3) is 0 Å². The molecule has 30 heavy (non-hydrogen) atoms. The molecule has 0 spiro atoms. The minimum Gasteiger partial charge on any atom is -0.342 e. The van der Waals surface area contributed by atoms with Crippen molar-refractivity contribution >= 4 is 40.0 Å². The zero-order chi connectivity index (χ0) is 21.7. The van der Waals surface area contributed by atoms with E-state index < -0.39 is 0 Å². The number of thioether (sulfide) groups is 1. The van der Waals surface area contributed by atoms with Crippen LogP contribution in [0.5, 0.6) is 0 Å². The second-order valence-electron chi connectivity index (χ2n) is 7.14. The second kappa shape index (κ2) is 9.86. The van der Waals surface area contributed by atoms with Crippen LogP contribution in [0, 0.1) is 12.8 Å². The maximum atomic E-state index is 12.7. The van der Waals surface area contributed by atoms with Crippen molar-refractivity contribution in [2.45, 2.75) is 32.0 Å². The molecule has 3 aromatic rings. The van der Waals surface area contributed by atoms with Crippen LogP contribution in [0.4, 0.5) is 5.13 Å². The number of amides is 2. The van der Waals surface area contributed by atoms with Crippen molar-refractivity contribution in [3.05, 3.63) is 52.8 Å². The van der Waals surface area contributed by atoms with E-state index in [2.05, 4.69) is 25.8 Å². The molecule has 2 amide bonds. The van der Waals surface area contributed by atoms with Gasteiger partial charge in [-0.2, -0.15) is 0 Å². The largest absolute Gasteiger partial charge is 0.342 e. The molecule has 2 heterocycles. The summed E-state index contributed by atoms with van der Waals surface area (Å²) in [5.41, 5.74) is 1.63. The lowest BCUT2D eigenvalue weighted by atomic mass is 10.0. The summed E-state index contributed by atoms with van der Waals surface area (Å²) in [6, 6.07) is 7.15. The predicted octanol–water partition coefficient (Wildman–Crippen LogP) is 3.44. The van der Waals surface area contributed by atoms with E-state index in [0.29, 0.717) is 21.7 Å². The van der Waals surface area contributed by atoms with Crippen molar-refractivity contribution in [3.8, 4) is 0 Å². The van der Waals surface area contributed by atoms with Gasteiger partial charge in [0, 0.05) is 24.2 Å². The number of rotatable bonds is 8. The fourth-order valence-electron chi connectivity index (χ4n) is 2.83. The van der Waals surface area contributed by atoms with Crippen LogP contribution >= 0.6 is 23.1 Å². The maximum absolute atomic E-state index is 12.7. The van der Waals surface area contributed by atoms with Crippen LogP contribution in [-0.4, -0.2) is 37.3 Å². The first-order chi connectivity index (χ1) is 14.3. The van der Waals surface area contributed by atoms with Gasteiger partial charge in [-0.1, -0.05) is 43.3 Å². The second-order valence-corrected chi connectivity index (χ2v) is 8.98. The number of anilines is 1.